The van der Waals surface area contributed by atoms with Gasteiger partial charge in [0.05, 0.1) is 12.2 Å². The molecule has 3 rings (SSSR count). The van der Waals surface area contributed by atoms with E-state index in [9.17, 15) is 4.79 Å². The molecule has 0 radical (unpaired) electrons. The molecule has 0 fully saturated rings. The van der Waals surface area contributed by atoms with Crippen molar-refractivity contribution in [3.8, 4) is 0 Å². The number of benzene rings is 1. The first-order chi connectivity index (χ1) is 10.2. The van der Waals surface area contributed by atoms with E-state index in [0.717, 1.165) is 31.9 Å². The predicted octanol–water partition coefficient (Wildman–Crippen LogP) is 2.02. The van der Waals surface area contributed by atoms with Crippen molar-refractivity contribution in [2.75, 3.05) is 11.9 Å². The highest BCUT2D eigenvalue weighted by Gasteiger charge is 2.18. The number of carbonyl (C=O) groups excluding carboxylic acids is 1. The smallest absolute Gasteiger partial charge is 0.248 e. The fourth-order valence-electron chi connectivity index (χ4n) is 2.54. The molecule has 2 heterocycles. The summed E-state index contributed by atoms with van der Waals surface area (Å²) in [5.41, 5.74) is 2.43. The first kappa shape index (κ1) is 13.6. The van der Waals surface area contributed by atoms with E-state index in [1.807, 2.05) is 16.8 Å². The van der Waals surface area contributed by atoms with Crippen molar-refractivity contribution in [2.24, 2.45) is 0 Å². The number of anilines is 1. The van der Waals surface area contributed by atoms with Gasteiger partial charge in [0.25, 0.3) is 0 Å². The lowest BCUT2D eigenvalue weighted by molar-refractivity contribution is -0.111. The second kappa shape index (κ2) is 5.93. The van der Waals surface area contributed by atoms with Gasteiger partial charge in [-0.05, 0) is 11.6 Å². The van der Waals surface area contributed by atoms with Gasteiger partial charge < -0.3 is 5.32 Å². The molecule has 1 aromatic heterocycles. The van der Waals surface area contributed by atoms with Crippen LogP contribution in [0.15, 0.2) is 49.1 Å². The van der Waals surface area contributed by atoms with Gasteiger partial charge in [0.1, 0.15) is 0 Å². The normalized spacial score (nSPS) is 14.5. The van der Waals surface area contributed by atoms with Crippen molar-refractivity contribution in [2.45, 2.75) is 19.6 Å². The Bertz CT molecular complexity index is 648. The molecule has 5 nitrogen and oxygen atoms in total. The maximum atomic E-state index is 11.3. The standard InChI is InChI=1S/C16H18N4O/c1-2-16(21)17-15-10-14-12-19(8-9-20(14)18-15)11-13-6-4-3-5-7-13/h2-7,10H,1,8-9,11-12H2,(H,17,18,21). The molecule has 1 N–H and O–H groups in total. The first-order valence-electron chi connectivity index (χ1n) is 7.01. The molecule has 108 valence electrons. The number of rotatable bonds is 4. The van der Waals surface area contributed by atoms with Crippen LogP contribution >= 0.6 is 0 Å². The second-order valence-corrected chi connectivity index (χ2v) is 5.13. The van der Waals surface area contributed by atoms with E-state index < -0.39 is 0 Å². The van der Waals surface area contributed by atoms with Gasteiger partial charge in [-0.1, -0.05) is 36.9 Å². The number of amides is 1. The monoisotopic (exact) mass is 282 g/mol. The minimum absolute atomic E-state index is 0.230. The lowest BCUT2D eigenvalue weighted by Gasteiger charge is -2.27. The summed E-state index contributed by atoms with van der Waals surface area (Å²) >= 11 is 0. The van der Waals surface area contributed by atoms with Crippen molar-refractivity contribution in [1.82, 2.24) is 14.7 Å². The van der Waals surface area contributed by atoms with Crippen LogP contribution in [0.2, 0.25) is 0 Å². The average molecular weight is 282 g/mol. The third-order valence-electron chi connectivity index (χ3n) is 3.56. The van der Waals surface area contributed by atoms with Crippen LogP contribution < -0.4 is 5.32 Å². The van der Waals surface area contributed by atoms with Crippen molar-refractivity contribution >= 4 is 11.7 Å². The molecule has 1 aliphatic heterocycles. The summed E-state index contributed by atoms with van der Waals surface area (Å²) in [6.07, 6.45) is 1.25. The highest BCUT2D eigenvalue weighted by atomic mass is 16.1. The average Bonchev–Trinajstić information content (AvgIpc) is 2.89. The number of fused-ring (bicyclic) bond motifs is 1. The molecule has 0 saturated heterocycles. The molecular weight excluding hydrogens is 264 g/mol. The summed E-state index contributed by atoms with van der Waals surface area (Å²) in [6.45, 7) is 7.01. The molecule has 0 unspecified atom stereocenters. The number of aromatic nitrogens is 2. The zero-order valence-corrected chi connectivity index (χ0v) is 11.8. The molecule has 0 atom stereocenters. The maximum Gasteiger partial charge on any atom is 0.248 e. The van der Waals surface area contributed by atoms with Gasteiger partial charge >= 0.3 is 0 Å². The lowest BCUT2D eigenvalue weighted by Crippen LogP contribution is -2.33. The Balaban J connectivity index is 1.67. The summed E-state index contributed by atoms with van der Waals surface area (Å²) in [4.78, 5) is 13.7. The number of nitrogens with zero attached hydrogens (tertiary/aromatic N) is 3. The van der Waals surface area contributed by atoms with Crippen molar-refractivity contribution in [3.05, 3.63) is 60.3 Å². The fraction of sp³-hybridized carbons (Fsp3) is 0.250. The first-order valence-corrected chi connectivity index (χ1v) is 7.01. The van der Waals surface area contributed by atoms with E-state index in [0.29, 0.717) is 5.82 Å². The Hall–Kier alpha value is -2.40. The molecule has 0 saturated carbocycles. The molecule has 0 spiro atoms. The summed E-state index contributed by atoms with van der Waals surface area (Å²) in [5, 5.41) is 7.10. The summed E-state index contributed by atoms with van der Waals surface area (Å²) in [5.74, 6) is 0.364. The van der Waals surface area contributed by atoms with Crippen molar-refractivity contribution in [3.63, 3.8) is 0 Å². The molecule has 5 heteroatoms. The van der Waals surface area contributed by atoms with Gasteiger partial charge in [-0.3, -0.25) is 14.4 Å². The molecule has 0 aliphatic carbocycles. The number of hydrogen-bond donors (Lipinski definition) is 1. The SMILES string of the molecule is C=CC(=O)Nc1cc2n(n1)CCN(Cc1ccccc1)C2. The van der Waals surface area contributed by atoms with E-state index in [1.54, 1.807) is 0 Å². The summed E-state index contributed by atoms with van der Waals surface area (Å²) in [6, 6.07) is 12.4. The number of carbonyl (C=O) groups is 1. The van der Waals surface area contributed by atoms with Gasteiger partial charge in [0.15, 0.2) is 5.82 Å². The second-order valence-electron chi connectivity index (χ2n) is 5.13. The predicted molar refractivity (Wildman–Crippen MR) is 81.6 cm³/mol. The van der Waals surface area contributed by atoms with Crippen LogP contribution in [-0.4, -0.2) is 27.1 Å². The molecule has 1 aromatic carbocycles. The Morgan fingerprint density at radius 3 is 2.90 bits per heavy atom. The van der Waals surface area contributed by atoms with E-state index in [1.165, 1.54) is 11.6 Å². The number of nitrogens with one attached hydrogen (secondary N) is 1. The van der Waals surface area contributed by atoms with E-state index in [2.05, 4.69) is 46.2 Å². The molecular formula is C16H18N4O. The molecule has 1 aliphatic rings. The van der Waals surface area contributed by atoms with Gasteiger partial charge in [-0.15, -0.1) is 0 Å². The van der Waals surface area contributed by atoms with Crippen LogP contribution in [0.25, 0.3) is 0 Å². The largest absolute Gasteiger partial charge is 0.306 e. The highest BCUT2D eigenvalue weighted by molar-refractivity contribution is 5.98. The van der Waals surface area contributed by atoms with Crippen molar-refractivity contribution < 1.29 is 4.79 Å². The summed E-state index contributed by atoms with van der Waals surface area (Å²) < 4.78 is 1.96. The van der Waals surface area contributed by atoms with E-state index in [4.69, 9.17) is 0 Å². The van der Waals surface area contributed by atoms with Gasteiger partial charge in [-0.2, -0.15) is 5.10 Å². The maximum absolute atomic E-state index is 11.3. The molecule has 1 amide bonds. The zero-order valence-electron chi connectivity index (χ0n) is 11.8. The van der Waals surface area contributed by atoms with Gasteiger partial charge in [-0.25, -0.2) is 0 Å². The highest BCUT2D eigenvalue weighted by Crippen LogP contribution is 2.18. The van der Waals surface area contributed by atoms with Crippen LogP contribution in [0.1, 0.15) is 11.3 Å². The van der Waals surface area contributed by atoms with Gasteiger partial charge in [0.2, 0.25) is 5.91 Å². The fourth-order valence-corrected chi connectivity index (χ4v) is 2.54. The minimum atomic E-state index is -0.230. The topological polar surface area (TPSA) is 50.2 Å². The van der Waals surface area contributed by atoms with Crippen LogP contribution in [0.3, 0.4) is 0 Å². The zero-order chi connectivity index (χ0) is 14.7. The Labute approximate surface area is 123 Å². The van der Waals surface area contributed by atoms with Crippen LogP contribution in [0.5, 0.6) is 0 Å². The van der Waals surface area contributed by atoms with Crippen LogP contribution in [0, 0.1) is 0 Å². The third-order valence-corrected chi connectivity index (χ3v) is 3.56. The van der Waals surface area contributed by atoms with E-state index in [-0.39, 0.29) is 5.91 Å². The Kier molecular flexibility index (Phi) is 3.83. The third kappa shape index (κ3) is 3.20. The van der Waals surface area contributed by atoms with Gasteiger partial charge in [0, 0.05) is 25.7 Å². The molecule has 2 aromatic rings. The van der Waals surface area contributed by atoms with Crippen molar-refractivity contribution in [1.29, 1.82) is 0 Å². The molecule has 0 bridgehead atoms. The van der Waals surface area contributed by atoms with Crippen LogP contribution in [0.4, 0.5) is 5.82 Å². The quantitative estimate of drug-likeness (QED) is 0.873. The Morgan fingerprint density at radius 2 is 2.14 bits per heavy atom. The Morgan fingerprint density at radius 1 is 1.33 bits per heavy atom. The number of hydrogen-bond acceptors (Lipinski definition) is 3. The summed E-state index contributed by atoms with van der Waals surface area (Å²) in [7, 11) is 0. The van der Waals surface area contributed by atoms with E-state index >= 15 is 0 Å². The van der Waals surface area contributed by atoms with Crippen LogP contribution in [-0.2, 0) is 24.4 Å². The minimum Gasteiger partial charge on any atom is -0.306 e. The lowest BCUT2D eigenvalue weighted by atomic mass is 10.2. The molecule has 21 heavy (non-hydrogen) atoms.